The van der Waals surface area contributed by atoms with Crippen LogP contribution in [0.2, 0.25) is 5.02 Å². The molecule has 33 heavy (non-hydrogen) atoms. The fourth-order valence-corrected chi connectivity index (χ4v) is 4.32. The highest BCUT2D eigenvalue weighted by molar-refractivity contribution is 7.99. The minimum absolute atomic E-state index is 0.0335. The second kappa shape index (κ2) is 9.71. The molecule has 9 nitrogen and oxygen atoms in total. The number of thioether (sulfide) groups is 1. The average Bonchev–Trinajstić information content (AvgIpc) is 3.22. The number of primary sulfonamides is 1. The van der Waals surface area contributed by atoms with Crippen LogP contribution in [0, 0.1) is 0 Å². The molecule has 1 amide bonds. The van der Waals surface area contributed by atoms with Crippen molar-refractivity contribution in [1.82, 2.24) is 19.7 Å². The summed E-state index contributed by atoms with van der Waals surface area (Å²) >= 11 is 7.24. The maximum absolute atomic E-state index is 12.5. The number of benzene rings is 2. The van der Waals surface area contributed by atoms with Gasteiger partial charge in [-0.15, -0.1) is 10.2 Å². The van der Waals surface area contributed by atoms with E-state index >= 15 is 0 Å². The molecule has 0 unspecified atom stereocenters. The van der Waals surface area contributed by atoms with Crippen LogP contribution in [-0.4, -0.2) is 39.8 Å². The van der Waals surface area contributed by atoms with Crippen molar-refractivity contribution in [2.45, 2.75) is 10.1 Å². The zero-order chi connectivity index (χ0) is 23.4. The number of aromatic nitrogens is 4. The lowest BCUT2D eigenvalue weighted by Gasteiger charge is -2.10. The molecule has 0 atom stereocenters. The molecular formula is C21H17ClN6O3S2. The topological polar surface area (TPSA) is 133 Å². The maximum atomic E-state index is 12.5. The van der Waals surface area contributed by atoms with E-state index in [-0.39, 0.29) is 16.6 Å². The highest BCUT2D eigenvalue weighted by Crippen LogP contribution is 2.28. The summed E-state index contributed by atoms with van der Waals surface area (Å²) in [6.07, 6.45) is 3.35. The third-order valence-electron chi connectivity index (χ3n) is 4.44. The van der Waals surface area contributed by atoms with Crippen molar-refractivity contribution in [3.63, 3.8) is 0 Å². The van der Waals surface area contributed by atoms with Crippen LogP contribution in [0.5, 0.6) is 0 Å². The van der Waals surface area contributed by atoms with E-state index in [1.54, 1.807) is 30.6 Å². The predicted octanol–water partition coefficient (Wildman–Crippen LogP) is 3.36. The monoisotopic (exact) mass is 500 g/mol. The number of sulfonamides is 1. The van der Waals surface area contributed by atoms with Gasteiger partial charge in [-0.05, 0) is 60.7 Å². The first-order valence-corrected chi connectivity index (χ1v) is 12.4. The van der Waals surface area contributed by atoms with Crippen LogP contribution in [0.25, 0.3) is 17.1 Å². The molecule has 2 heterocycles. The van der Waals surface area contributed by atoms with E-state index < -0.39 is 10.0 Å². The summed E-state index contributed by atoms with van der Waals surface area (Å²) in [5.41, 5.74) is 2.00. The van der Waals surface area contributed by atoms with E-state index in [1.165, 1.54) is 36.0 Å². The number of anilines is 1. The van der Waals surface area contributed by atoms with E-state index in [2.05, 4.69) is 20.5 Å². The Balaban J connectivity index is 1.54. The normalized spacial score (nSPS) is 11.3. The van der Waals surface area contributed by atoms with E-state index in [4.69, 9.17) is 16.7 Å². The Kier molecular flexibility index (Phi) is 6.75. The number of carbonyl (C=O) groups excluding carboxylic acids is 1. The summed E-state index contributed by atoms with van der Waals surface area (Å²) in [6, 6.07) is 16.5. The zero-order valence-corrected chi connectivity index (χ0v) is 19.3. The van der Waals surface area contributed by atoms with Crippen molar-refractivity contribution in [3.8, 4) is 17.1 Å². The standard InChI is InChI=1S/C21H17ClN6O3S2/c22-15-3-7-17(8-4-15)28-20(14-2-1-11-24-12-14)26-27-21(28)32-13-19(29)25-16-5-9-18(10-6-16)33(23,30)31/h1-12H,13H2,(H,25,29)(H2,23,30,31). The van der Waals surface area contributed by atoms with Crippen molar-refractivity contribution < 1.29 is 13.2 Å². The molecule has 4 rings (SSSR count). The van der Waals surface area contributed by atoms with Gasteiger partial charge in [0.2, 0.25) is 15.9 Å². The molecule has 12 heteroatoms. The number of amides is 1. The molecule has 0 aliphatic carbocycles. The number of carbonyl (C=O) groups is 1. The van der Waals surface area contributed by atoms with Gasteiger partial charge in [-0.2, -0.15) is 0 Å². The first-order chi connectivity index (χ1) is 15.8. The van der Waals surface area contributed by atoms with Crippen molar-refractivity contribution in [2.75, 3.05) is 11.1 Å². The molecule has 0 saturated heterocycles. The third-order valence-corrected chi connectivity index (χ3v) is 6.55. The Bertz CT molecular complexity index is 1380. The molecule has 0 spiro atoms. The number of pyridine rings is 1. The molecule has 2 aromatic heterocycles. The molecule has 0 aliphatic heterocycles. The summed E-state index contributed by atoms with van der Waals surface area (Å²) in [6.45, 7) is 0. The van der Waals surface area contributed by atoms with Crippen LogP contribution in [-0.2, 0) is 14.8 Å². The SMILES string of the molecule is NS(=O)(=O)c1ccc(NC(=O)CSc2nnc(-c3cccnc3)n2-c2ccc(Cl)cc2)cc1. The Morgan fingerprint density at radius 3 is 2.42 bits per heavy atom. The highest BCUT2D eigenvalue weighted by Gasteiger charge is 2.18. The largest absolute Gasteiger partial charge is 0.325 e. The highest BCUT2D eigenvalue weighted by atomic mass is 35.5. The van der Waals surface area contributed by atoms with Crippen LogP contribution in [0.3, 0.4) is 0 Å². The average molecular weight is 501 g/mol. The Hall–Kier alpha value is -3.25. The van der Waals surface area contributed by atoms with Gasteiger partial charge in [-0.25, -0.2) is 13.6 Å². The van der Waals surface area contributed by atoms with Gasteiger partial charge < -0.3 is 5.32 Å². The number of nitrogens with two attached hydrogens (primary N) is 1. The van der Waals surface area contributed by atoms with Gasteiger partial charge in [0.25, 0.3) is 0 Å². The van der Waals surface area contributed by atoms with E-state index in [1.807, 2.05) is 22.8 Å². The molecule has 0 aliphatic rings. The first-order valence-electron chi connectivity index (χ1n) is 9.48. The number of nitrogens with one attached hydrogen (secondary N) is 1. The smallest absolute Gasteiger partial charge is 0.238 e. The van der Waals surface area contributed by atoms with Crippen LogP contribution < -0.4 is 10.5 Å². The van der Waals surface area contributed by atoms with Gasteiger partial charge in [0, 0.05) is 34.4 Å². The second-order valence-electron chi connectivity index (χ2n) is 6.77. The maximum Gasteiger partial charge on any atom is 0.238 e. The number of halogens is 1. The Morgan fingerprint density at radius 2 is 1.79 bits per heavy atom. The minimum Gasteiger partial charge on any atom is -0.325 e. The Labute approximate surface area is 199 Å². The quantitative estimate of drug-likeness (QED) is 0.372. The van der Waals surface area contributed by atoms with Crippen LogP contribution in [0.4, 0.5) is 5.69 Å². The van der Waals surface area contributed by atoms with Gasteiger partial charge in [-0.3, -0.25) is 14.3 Å². The molecule has 0 radical (unpaired) electrons. The number of rotatable bonds is 7. The lowest BCUT2D eigenvalue weighted by molar-refractivity contribution is -0.113. The van der Waals surface area contributed by atoms with Crippen LogP contribution in [0.1, 0.15) is 0 Å². The number of hydrogen-bond donors (Lipinski definition) is 2. The van der Waals surface area contributed by atoms with Crippen LogP contribution >= 0.6 is 23.4 Å². The first kappa shape index (κ1) is 22.9. The zero-order valence-electron chi connectivity index (χ0n) is 16.9. The summed E-state index contributed by atoms with van der Waals surface area (Å²) in [7, 11) is -3.80. The van der Waals surface area contributed by atoms with Crippen molar-refractivity contribution in [2.24, 2.45) is 5.14 Å². The lowest BCUT2D eigenvalue weighted by atomic mass is 10.2. The molecular weight excluding hydrogens is 484 g/mol. The van der Waals surface area contributed by atoms with E-state index in [0.29, 0.717) is 21.7 Å². The molecule has 2 aromatic carbocycles. The van der Waals surface area contributed by atoms with Gasteiger partial charge >= 0.3 is 0 Å². The minimum atomic E-state index is -3.80. The summed E-state index contributed by atoms with van der Waals surface area (Å²) in [5, 5.41) is 17.5. The van der Waals surface area contributed by atoms with Crippen molar-refractivity contribution >= 4 is 45.0 Å². The van der Waals surface area contributed by atoms with Gasteiger partial charge in [0.1, 0.15) is 0 Å². The predicted molar refractivity (Wildman–Crippen MR) is 127 cm³/mol. The van der Waals surface area contributed by atoms with Gasteiger partial charge in [0.15, 0.2) is 11.0 Å². The molecule has 0 fully saturated rings. The fraction of sp³-hybridized carbons (Fsp3) is 0.0476. The number of nitrogens with zero attached hydrogens (tertiary/aromatic N) is 4. The molecule has 0 bridgehead atoms. The summed E-state index contributed by atoms with van der Waals surface area (Å²) in [4.78, 5) is 16.6. The molecule has 0 saturated carbocycles. The summed E-state index contributed by atoms with van der Waals surface area (Å²) in [5.74, 6) is 0.333. The van der Waals surface area contributed by atoms with E-state index in [0.717, 1.165) is 11.3 Å². The molecule has 4 aromatic rings. The number of hydrogen-bond acceptors (Lipinski definition) is 7. The second-order valence-corrected chi connectivity index (χ2v) is 9.71. The van der Waals surface area contributed by atoms with E-state index in [9.17, 15) is 13.2 Å². The summed E-state index contributed by atoms with van der Waals surface area (Å²) < 4.78 is 24.5. The Morgan fingerprint density at radius 1 is 1.06 bits per heavy atom. The van der Waals surface area contributed by atoms with Gasteiger partial charge in [-0.1, -0.05) is 23.4 Å². The van der Waals surface area contributed by atoms with Gasteiger partial charge in [0.05, 0.1) is 10.6 Å². The fourth-order valence-electron chi connectivity index (χ4n) is 2.92. The molecule has 168 valence electrons. The van der Waals surface area contributed by atoms with Crippen LogP contribution in [0.15, 0.2) is 83.1 Å². The van der Waals surface area contributed by atoms with Crippen molar-refractivity contribution in [1.29, 1.82) is 0 Å². The lowest BCUT2D eigenvalue weighted by Crippen LogP contribution is -2.15. The molecule has 3 N–H and O–H groups in total. The van der Waals surface area contributed by atoms with Crippen molar-refractivity contribution in [3.05, 3.63) is 78.1 Å². The third kappa shape index (κ3) is 5.57.